The number of nitriles is 1. The van der Waals surface area contributed by atoms with Crippen molar-refractivity contribution in [2.75, 3.05) is 5.32 Å². The van der Waals surface area contributed by atoms with Crippen molar-refractivity contribution in [1.29, 1.82) is 5.26 Å². The van der Waals surface area contributed by atoms with Gasteiger partial charge >= 0.3 is 0 Å². The highest BCUT2D eigenvalue weighted by Gasteiger charge is 2.22. The van der Waals surface area contributed by atoms with E-state index in [1.54, 1.807) is 0 Å². The second kappa shape index (κ2) is 6.95. The number of aromatic amines is 1. The highest BCUT2D eigenvalue weighted by Crippen LogP contribution is 2.43. The van der Waals surface area contributed by atoms with Crippen molar-refractivity contribution in [2.45, 2.75) is 0 Å². The van der Waals surface area contributed by atoms with Gasteiger partial charge in [-0.15, -0.1) is 10.2 Å². The molecule has 2 aromatic rings. The number of hydrogen-bond donors (Lipinski definition) is 2. The van der Waals surface area contributed by atoms with Crippen LogP contribution in [-0.4, -0.2) is 25.5 Å². The SMILES string of the molecule is N#CC(=CNc1c(Br)cc(Br)c([N+](=O)[O-])c1Br)c1nn[nH]n1. The van der Waals surface area contributed by atoms with E-state index in [9.17, 15) is 10.1 Å². The van der Waals surface area contributed by atoms with Crippen LogP contribution in [0.5, 0.6) is 0 Å². The highest BCUT2D eigenvalue weighted by atomic mass is 79.9. The van der Waals surface area contributed by atoms with Gasteiger partial charge in [-0.1, -0.05) is 0 Å². The number of nitrogens with zero attached hydrogens (tertiary/aromatic N) is 5. The van der Waals surface area contributed by atoms with E-state index in [0.717, 1.165) is 0 Å². The van der Waals surface area contributed by atoms with Gasteiger partial charge in [-0.2, -0.15) is 10.5 Å². The Kier molecular flexibility index (Phi) is 5.22. The van der Waals surface area contributed by atoms with Crippen LogP contribution in [0.2, 0.25) is 0 Å². The van der Waals surface area contributed by atoms with Crippen molar-refractivity contribution >= 4 is 64.7 Å². The molecule has 0 atom stereocenters. The molecule has 1 heterocycles. The third-order valence-corrected chi connectivity index (χ3v) is 4.40. The van der Waals surface area contributed by atoms with Crippen LogP contribution < -0.4 is 5.32 Å². The van der Waals surface area contributed by atoms with Gasteiger partial charge in [0.2, 0.25) is 5.82 Å². The van der Waals surface area contributed by atoms with Gasteiger partial charge in [-0.25, -0.2) is 0 Å². The largest absolute Gasteiger partial charge is 0.358 e. The molecule has 112 valence electrons. The zero-order valence-electron chi connectivity index (χ0n) is 10.3. The number of anilines is 1. The molecule has 2 N–H and O–H groups in total. The van der Waals surface area contributed by atoms with Gasteiger partial charge in [0.15, 0.2) is 0 Å². The van der Waals surface area contributed by atoms with Gasteiger partial charge in [0.05, 0.1) is 15.1 Å². The molecule has 0 fully saturated rings. The predicted octanol–water partition coefficient (Wildman–Crippen LogP) is 3.37. The van der Waals surface area contributed by atoms with Crippen molar-refractivity contribution in [2.24, 2.45) is 0 Å². The van der Waals surface area contributed by atoms with Crippen LogP contribution in [0.1, 0.15) is 5.82 Å². The number of H-pyrrole nitrogens is 1. The molecule has 12 heteroatoms. The Morgan fingerprint density at radius 3 is 2.73 bits per heavy atom. The number of nitrogens with one attached hydrogen (secondary N) is 2. The Morgan fingerprint density at radius 1 is 1.45 bits per heavy atom. The zero-order chi connectivity index (χ0) is 16.3. The Bertz CT molecular complexity index is 798. The molecule has 9 nitrogen and oxygen atoms in total. The second-order valence-electron chi connectivity index (χ2n) is 3.68. The maximum absolute atomic E-state index is 11.1. The first-order valence-electron chi connectivity index (χ1n) is 5.38. The van der Waals surface area contributed by atoms with Crippen LogP contribution in [0, 0.1) is 21.4 Å². The fourth-order valence-electron chi connectivity index (χ4n) is 1.45. The van der Waals surface area contributed by atoms with Gasteiger partial charge in [0, 0.05) is 10.7 Å². The minimum absolute atomic E-state index is 0.105. The first-order chi connectivity index (χ1) is 10.5. The van der Waals surface area contributed by atoms with Crippen molar-refractivity contribution in [3.05, 3.63) is 41.6 Å². The summed E-state index contributed by atoms with van der Waals surface area (Å²) in [7, 11) is 0. The summed E-state index contributed by atoms with van der Waals surface area (Å²) in [5, 5.41) is 36.0. The van der Waals surface area contributed by atoms with E-state index < -0.39 is 4.92 Å². The summed E-state index contributed by atoms with van der Waals surface area (Å²) < 4.78 is 1.09. The minimum Gasteiger partial charge on any atom is -0.358 e. The minimum atomic E-state index is -0.528. The van der Waals surface area contributed by atoms with E-state index in [2.05, 4.69) is 73.7 Å². The smallest absolute Gasteiger partial charge is 0.299 e. The fraction of sp³-hybridized carbons (Fsp3) is 0. The molecule has 0 aliphatic carbocycles. The number of nitro benzene ring substituents is 1. The Hall–Kier alpha value is -1.84. The van der Waals surface area contributed by atoms with E-state index in [4.69, 9.17) is 5.26 Å². The molecule has 0 amide bonds. The Morgan fingerprint density at radius 2 is 2.18 bits per heavy atom. The van der Waals surface area contributed by atoms with E-state index in [-0.39, 0.29) is 21.6 Å². The predicted molar refractivity (Wildman–Crippen MR) is 87.6 cm³/mol. The molecule has 22 heavy (non-hydrogen) atoms. The molecular weight excluding hydrogens is 490 g/mol. The standard InChI is InChI=1S/C10H4Br3N7O2/c11-5-1-6(12)9(20(21)22)7(13)8(5)15-3-4(2-14)10-16-18-19-17-10/h1,3,15H,(H,16,17,18,19). The third-order valence-electron chi connectivity index (χ3n) is 2.40. The van der Waals surface area contributed by atoms with Crippen LogP contribution in [0.4, 0.5) is 11.4 Å². The monoisotopic (exact) mass is 491 g/mol. The summed E-state index contributed by atoms with van der Waals surface area (Å²) in [6.45, 7) is 0. The van der Waals surface area contributed by atoms with Crippen molar-refractivity contribution in [3.8, 4) is 6.07 Å². The fourth-order valence-corrected chi connectivity index (χ4v) is 4.09. The first kappa shape index (κ1) is 16.5. The van der Waals surface area contributed by atoms with Crippen molar-refractivity contribution in [3.63, 3.8) is 0 Å². The van der Waals surface area contributed by atoms with Gasteiger partial charge in [-0.3, -0.25) is 10.1 Å². The molecule has 0 radical (unpaired) electrons. The van der Waals surface area contributed by atoms with Crippen LogP contribution in [0.3, 0.4) is 0 Å². The summed E-state index contributed by atoms with van der Waals surface area (Å²) >= 11 is 9.60. The Labute approximate surface area is 148 Å². The van der Waals surface area contributed by atoms with Gasteiger partial charge < -0.3 is 5.32 Å². The molecule has 1 aromatic carbocycles. The lowest BCUT2D eigenvalue weighted by molar-refractivity contribution is -0.386. The number of hydrogen-bond acceptors (Lipinski definition) is 7. The zero-order valence-corrected chi connectivity index (χ0v) is 15.1. The third kappa shape index (κ3) is 3.32. The lowest BCUT2D eigenvalue weighted by Gasteiger charge is -2.09. The summed E-state index contributed by atoms with van der Waals surface area (Å²) in [5.41, 5.74) is 0.349. The van der Waals surface area contributed by atoms with E-state index in [1.165, 1.54) is 12.3 Å². The van der Waals surface area contributed by atoms with Gasteiger partial charge in [0.25, 0.3) is 5.69 Å². The number of nitro groups is 1. The van der Waals surface area contributed by atoms with E-state index in [0.29, 0.717) is 14.6 Å². The second-order valence-corrected chi connectivity index (χ2v) is 6.19. The number of tetrazole rings is 1. The van der Waals surface area contributed by atoms with Crippen LogP contribution in [-0.2, 0) is 0 Å². The number of allylic oxidation sites excluding steroid dienone is 1. The molecular formula is C10H4Br3N7O2. The van der Waals surface area contributed by atoms with Gasteiger partial charge in [0.1, 0.15) is 16.1 Å². The van der Waals surface area contributed by atoms with Crippen LogP contribution >= 0.6 is 47.8 Å². The normalized spacial score (nSPS) is 11.1. The molecule has 0 spiro atoms. The average Bonchev–Trinajstić information content (AvgIpc) is 2.95. The van der Waals surface area contributed by atoms with Crippen molar-refractivity contribution in [1.82, 2.24) is 20.6 Å². The molecule has 0 aliphatic rings. The molecule has 0 aliphatic heterocycles. The first-order valence-corrected chi connectivity index (χ1v) is 7.76. The molecule has 1 aromatic heterocycles. The quantitative estimate of drug-likeness (QED) is 0.379. The van der Waals surface area contributed by atoms with Crippen LogP contribution in [0.25, 0.3) is 5.57 Å². The maximum atomic E-state index is 11.1. The lowest BCUT2D eigenvalue weighted by atomic mass is 10.2. The summed E-state index contributed by atoms with van der Waals surface area (Å²) in [6, 6.07) is 3.43. The topological polar surface area (TPSA) is 133 Å². The Balaban J connectivity index is 2.44. The summed E-state index contributed by atoms with van der Waals surface area (Å²) in [4.78, 5) is 10.6. The number of aromatic nitrogens is 4. The number of halogens is 3. The molecule has 0 unspecified atom stereocenters. The van der Waals surface area contributed by atoms with E-state index in [1.807, 2.05) is 6.07 Å². The molecule has 2 rings (SSSR count). The maximum Gasteiger partial charge on any atom is 0.299 e. The summed E-state index contributed by atoms with van der Waals surface area (Å²) in [6.07, 6.45) is 1.33. The summed E-state index contributed by atoms with van der Waals surface area (Å²) in [5.74, 6) is 0.105. The lowest BCUT2D eigenvalue weighted by Crippen LogP contribution is -1.98. The number of benzene rings is 1. The van der Waals surface area contributed by atoms with Crippen LogP contribution in [0.15, 0.2) is 25.7 Å². The van der Waals surface area contributed by atoms with Crippen molar-refractivity contribution < 1.29 is 4.92 Å². The highest BCUT2D eigenvalue weighted by molar-refractivity contribution is 9.11. The van der Waals surface area contributed by atoms with Gasteiger partial charge in [-0.05, 0) is 59.1 Å². The average molecular weight is 494 g/mol. The molecule has 0 saturated carbocycles. The molecule has 0 saturated heterocycles. The van der Waals surface area contributed by atoms with E-state index >= 15 is 0 Å². The number of rotatable bonds is 4. The molecule has 0 bridgehead atoms.